The van der Waals surface area contributed by atoms with Crippen molar-refractivity contribution in [1.29, 1.82) is 0 Å². The van der Waals surface area contributed by atoms with Crippen LogP contribution in [0.25, 0.3) is 5.69 Å². The molecule has 1 heterocycles. The molecule has 0 spiro atoms. The molecule has 0 aliphatic rings. The van der Waals surface area contributed by atoms with Gasteiger partial charge in [-0.05, 0) is 42.1 Å². The number of carboxylic acids is 1. The Balaban J connectivity index is 2.12. The lowest BCUT2D eigenvalue weighted by Crippen LogP contribution is -2.25. The molecule has 0 aliphatic carbocycles. The molecule has 106 valence electrons. The number of rotatable bonds is 6. The van der Waals surface area contributed by atoms with E-state index in [0.29, 0.717) is 6.54 Å². The number of hydrogen-bond acceptors (Lipinski definition) is 5. The Labute approximate surface area is 116 Å². The third-order valence-corrected chi connectivity index (χ3v) is 3.31. The molecule has 0 saturated carbocycles. The van der Waals surface area contributed by atoms with Crippen molar-refractivity contribution in [1.82, 2.24) is 25.1 Å². The van der Waals surface area contributed by atoms with Crippen molar-refractivity contribution in [2.24, 2.45) is 0 Å². The predicted octanol–water partition coefficient (Wildman–Crippen LogP) is 1.13. The van der Waals surface area contributed by atoms with Gasteiger partial charge in [-0.1, -0.05) is 12.1 Å². The van der Waals surface area contributed by atoms with Crippen molar-refractivity contribution in [3.63, 3.8) is 0 Å². The first kappa shape index (κ1) is 14.1. The van der Waals surface area contributed by atoms with Gasteiger partial charge in [-0.3, -0.25) is 9.69 Å². The zero-order valence-electron chi connectivity index (χ0n) is 11.5. The largest absolute Gasteiger partial charge is 0.481 e. The second-order valence-electron chi connectivity index (χ2n) is 4.65. The smallest absolute Gasteiger partial charge is 0.304 e. The molecule has 7 nitrogen and oxygen atoms in total. The van der Waals surface area contributed by atoms with Gasteiger partial charge in [-0.25, -0.2) is 4.68 Å². The van der Waals surface area contributed by atoms with Crippen LogP contribution in [-0.4, -0.2) is 49.8 Å². The molecule has 2 rings (SSSR count). The summed E-state index contributed by atoms with van der Waals surface area (Å²) < 4.78 is 1.59. The van der Waals surface area contributed by atoms with Gasteiger partial charge in [0.2, 0.25) is 0 Å². The SMILES string of the molecule is CC(c1cccc(-n2cnnn2)c1)N(C)CCC(=O)O. The molecule has 1 aromatic carbocycles. The molecule has 0 bridgehead atoms. The van der Waals surface area contributed by atoms with Crippen LogP contribution in [0, 0.1) is 0 Å². The summed E-state index contributed by atoms with van der Waals surface area (Å²) in [6.45, 7) is 2.55. The monoisotopic (exact) mass is 275 g/mol. The quantitative estimate of drug-likeness (QED) is 0.850. The summed E-state index contributed by atoms with van der Waals surface area (Å²) in [6, 6.07) is 7.98. The molecule has 1 atom stereocenters. The van der Waals surface area contributed by atoms with Gasteiger partial charge in [0, 0.05) is 12.6 Å². The first-order valence-electron chi connectivity index (χ1n) is 6.33. The lowest BCUT2D eigenvalue weighted by molar-refractivity contribution is -0.137. The van der Waals surface area contributed by atoms with Crippen LogP contribution in [0.2, 0.25) is 0 Å². The molecule has 0 radical (unpaired) electrons. The first-order chi connectivity index (χ1) is 9.58. The highest BCUT2D eigenvalue weighted by Crippen LogP contribution is 2.21. The van der Waals surface area contributed by atoms with Crippen molar-refractivity contribution in [2.45, 2.75) is 19.4 Å². The van der Waals surface area contributed by atoms with Gasteiger partial charge < -0.3 is 5.11 Å². The van der Waals surface area contributed by atoms with Crippen LogP contribution in [0.3, 0.4) is 0 Å². The maximum atomic E-state index is 10.6. The third kappa shape index (κ3) is 3.39. The molecule has 0 amide bonds. The topological polar surface area (TPSA) is 84.1 Å². The van der Waals surface area contributed by atoms with Crippen LogP contribution in [0.4, 0.5) is 0 Å². The average molecular weight is 275 g/mol. The Kier molecular flexibility index (Phi) is 4.41. The van der Waals surface area contributed by atoms with E-state index in [9.17, 15) is 4.79 Å². The molecule has 1 aromatic heterocycles. The molecule has 0 saturated heterocycles. The van der Waals surface area contributed by atoms with Crippen LogP contribution < -0.4 is 0 Å². The lowest BCUT2D eigenvalue weighted by atomic mass is 10.1. The van der Waals surface area contributed by atoms with Gasteiger partial charge in [0.1, 0.15) is 6.33 Å². The Morgan fingerprint density at radius 1 is 1.50 bits per heavy atom. The fourth-order valence-electron chi connectivity index (χ4n) is 1.93. The highest BCUT2D eigenvalue weighted by atomic mass is 16.4. The lowest BCUT2D eigenvalue weighted by Gasteiger charge is -2.24. The molecule has 1 unspecified atom stereocenters. The molecule has 2 aromatic rings. The maximum absolute atomic E-state index is 10.6. The number of hydrogen-bond donors (Lipinski definition) is 1. The molecular formula is C13H17N5O2. The van der Waals surface area contributed by atoms with Gasteiger partial charge in [0.25, 0.3) is 0 Å². The zero-order chi connectivity index (χ0) is 14.5. The van der Waals surface area contributed by atoms with Crippen molar-refractivity contribution in [3.8, 4) is 5.69 Å². The Morgan fingerprint density at radius 2 is 2.30 bits per heavy atom. The van der Waals surface area contributed by atoms with Crippen LogP contribution in [-0.2, 0) is 4.79 Å². The summed E-state index contributed by atoms with van der Waals surface area (Å²) in [7, 11) is 1.91. The van der Waals surface area contributed by atoms with Gasteiger partial charge in [-0.15, -0.1) is 5.10 Å². The average Bonchev–Trinajstić information content (AvgIpc) is 2.98. The van der Waals surface area contributed by atoms with E-state index in [1.54, 1.807) is 4.68 Å². The summed E-state index contributed by atoms with van der Waals surface area (Å²) in [5.74, 6) is -0.786. The Morgan fingerprint density at radius 3 is 2.95 bits per heavy atom. The molecule has 0 fully saturated rings. The number of aromatic nitrogens is 4. The maximum Gasteiger partial charge on any atom is 0.304 e. The highest BCUT2D eigenvalue weighted by Gasteiger charge is 2.13. The van der Waals surface area contributed by atoms with E-state index in [0.717, 1.165) is 11.3 Å². The van der Waals surface area contributed by atoms with Crippen molar-refractivity contribution >= 4 is 5.97 Å². The normalized spacial score (nSPS) is 12.6. The van der Waals surface area contributed by atoms with Gasteiger partial charge in [0.05, 0.1) is 12.1 Å². The summed E-state index contributed by atoms with van der Waals surface area (Å²) in [5.41, 5.74) is 1.97. The number of carbonyl (C=O) groups is 1. The van der Waals surface area contributed by atoms with Crippen LogP contribution in [0.5, 0.6) is 0 Å². The summed E-state index contributed by atoms with van der Waals surface area (Å²) in [4.78, 5) is 12.6. The van der Waals surface area contributed by atoms with Crippen molar-refractivity contribution in [3.05, 3.63) is 36.2 Å². The van der Waals surface area contributed by atoms with Crippen molar-refractivity contribution < 1.29 is 9.90 Å². The summed E-state index contributed by atoms with van der Waals surface area (Å²) in [5, 5.41) is 19.8. The minimum atomic E-state index is -0.786. The van der Waals surface area contributed by atoms with E-state index in [1.807, 2.05) is 43.1 Å². The Bertz CT molecular complexity index is 570. The standard InChI is InChI=1S/C13H17N5O2/c1-10(17(2)7-6-13(19)20)11-4-3-5-12(8-11)18-9-14-15-16-18/h3-5,8-10H,6-7H2,1-2H3,(H,19,20). The minimum absolute atomic E-state index is 0.116. The van der Waals surface area contributed by atoms with E-state index in [4.69, 9.17) is 5.11 Å². The van der Waals surface area contributed by atoms with Crippen LogP contribution in [0.15, 0.2) is 30.6 Å². The van der Waals surface area contributed by atoms with Gasteiger partial charge in [0.15, 0.2) is 0 Å². The van der Waals surface area contributed by atoms with E-state index >= 15 is 0 Å². The second-order valence-corrected chi connectivity index (χ2v) is 4.65. The van der Waals surface area contributed by atoms with Gasteiger partial charge >= 0.3 is 5.97 Å². The van der Waals surface area contributed by atoms with E-state index in [2.05, 4.69) is 15.5 Å². The number of aliphatic carboxylic acids is 1. The Hall–Kier alpha value is -2.28. The van der Waals surface area contributed by atoms with Gasteiger partial charge in [-0.2, -0.15) is 0 Å². The van der Waals surface area contributed by atoms with E-state index in [-0.39, 0.29) is 12.5 Å². The number of tetrazole rings is 1. The molecule has 7 heteroatoms. The predicted molar refractivity (Wildman–Crippen MR) is 72.5 cm³/mol. The van der Waals surface area contributed by atoms with Crippen molar-refractivity contribution in [2.75, 3.05) is 13.6 Å². The minimum Gasteiger partial charge on any atom is -0.481 e. The van der Waals surface area contributed by atoms with Crippen LogP contribution >= 0.6 is 0 Å². The first-order valence-corrected chi connectivity index (χ1v) is 6.33. The number of nitrogens with zero attached hydrogens (tertiary/aromatic N) is 5. The second kappa shape index (κ2) is 6.25. The third-order valence-electron chi connectivity index (χ3n) is 3.31. The number of carboxylic acid groups (broad SMARTS) is 1. The summed E-state index contributed by atoms with van der Waals surface area (Å²) in [6.07, 6.45) is 1.67. The summed E-state index contributed by atoms with van der Waals surface area (Å²) >= 11 is 0. The molecule has 20 heavy (non-hydrogen) atoms. The fraction of sp³-hybridized carbons (Fsp3) is 0.385. The van der Waals surface area contributed by atoms with Crippen LogP contribution in [0.1, 0.15) is 24.9 Å². The molecular weight excluding hydrogens is 258 g/mol. The zero-order valence-corrected chi connectivity index (χ0v) is 11.5. The number of benzene rings is 1. The fourth-order valence-corrected chi connectivity index (χ4v) is 1.93. The highest BCUT2D eigenvalue weighted by molar-refractivity contribution is 5.66. The van der Waals surface area contributed by atoms with E-state index in [1.165, 1.54) is 6.33 Å². The molecule has 1 N–H and O–H groups in total. The molecule has 0 aliphatic heterocycles. The van der Waals surface area contributed by atoms with E-state index < -0.39 is 5.97 Å².